The van der Waals surface area contributed by atoms with Gasteiger partial charge in [0.05, 0.1) is 0 Å². The number of thioether (sulfide) groups is 1. The van der Waals surface area contributed by atoms with Crippen LogP contribution in [0.3, 0.4) is 0 Å². The van der Waals surface area contributed by atoms with Gasteiger partial charge in [-0.3, -0.25) is 0 Å². The molecular formula is C16H16BrCl2NS. The summed E-state index contributed by atoms with van der Waals surface area (Å²) in [5.74, 6) is 0.898. The van der Waals surface area contributed by atoms with Gasteiger partial charge in [0, 0.05) is 31.2 Å². The molecule has 0 heterocycles. The van der Waals surface area contributed by atoms with Crippen molar-refractivity contribution >= 4 is 50.9 Å². The van der Waals surface area contributed by atoms with E-state index in [1.54, 1.807) is 11.8 Å². The predicted molar refractivity (Wildman–Crippen MR) is 97.7 cm³/mol. The molecule has 0 spiro atoms. The quantitative estimate of drug-likeness (QED) is 0.575. The van der Waals surface area contributed by atoms with Crippen LogP contribution in [0.15, 0.2) is 51.8 Å². The maximum absolute atomic E-state index is 6.32. The largest absolute Gasteiger partial charge is 0.309 e. The lowest BCUT2D eigenvalue weighted by Crippen LogP contribution is -2.23. The first kappa shape index (κ1) is 17.2. The molecule has 2 aromatic carbocycles. The van der Waals surface area contributed by atoms with Gasteiger partial charge in [0.15, 0.2) is 0 Å². The van der Waals surface area contributed by atoms with E-state index < -0.39 is 0 Å². The molecular weight excluding hydrogens is 389 g/mol. The summed E-state index contributed by atoms with van der Waals surface area (Å²) >= 11 is 17.7. The summed E-state index contributed by atoms with van der Waals surface area (Å²) in [7, 11) is 0. The lowest BCUT2D eigenvalue weighted by molar-refractivity contribution is 0.606. The third-order valence-electron chi connectivity index (χ3n) is 3.01. The van der Waals surface area contributed by atoms with Gasteiger partial charge < -0.3 is 5.32 Å². The Labute approximate surface area is 148 Å². The fourth-order valence-corrected chi connectivity index (χ4v) is 3.68. The van der Waals surface area contributed by atoms with Gasteiger partial charge in [-0.25, -0.2) is 0 Å². The van der Waals surface area contributed by atoms with E-state index in [2.05, 4.69) is 52.4 Å². The number of rotatable bonds is 6. The third kappa shape index (κ3) is 5.19. The van der Waals surface area contributed by atoms with Gasteiger partial charge in [0.25, 0.3) is 0 Å². The average molecular weight is 405 g/mol. The molecule has 1 N–H and O–H groups in total. The first-order chi connectivity index (χ1) is 10.1. The summed E-state index contributed by atoms with van der Waals surface area (Å²) in [6.07, 6.45) is 0. The van der Waals surface area contributed by atoms with Crippen molar-refractivity contribution in [3.05, 3.63) is 62.5 Å². The van der Waals surface area contributed by atoms with E-state index in [4.69, 9.17) is 23.2 Å². The molecule has 0 aliphatic heterocycles. The van der Waals surface area contributed by atoms with Crippen molar-refractivity contribution in [2.24, 2.45) is 0 Å². The zero-order valence-corrected chi connectivity index (χ0v) is 15.5. The number of nitrogens with one attached hydrogen (secondary N) is 1. The molecule has 0 aliphatic carbocycles. The molecule has 112 valence electrons. The number of hydrogen-bond donors (Lipinski definition) is 1. The molecule has 0 saturated carbocycles. The maximum atomic E-state index is 6.32. The molecule has 0 saturated heterocycles. The highest BCUT2D eigenvalue weighted by Crippen LogP contribution is 2.31. The highest BCUT2D eigenvalue weighted by Gasteiger charge is 2.14. The van der Waals surface area contributed by atoms with E-state index in [1.807, 2.05) is 18.2 Å². The third-order valence-corrected chi connectivity index (χ3v) is 5.23. The summed E-state index contributed by atoms with van der Waals surface area (Å²) < 4.78 is 1.09. The Morgan fingerprint density at radius 3 is 2.52 bits per heavy atom. The van der Waals surface area contributed by atoms with Crippen molar-refractivity contribution in [3.8, 4) is 0 Å². The second-order valence-corrected chi connectivity index (χ2v) is 7.39. The van der Waals surface area contributed by atoms with Crippen molar-refractivity contribution in [1.29, 1.82) is 0 Å². The van der Waals surface area contributed by atoms with E-state index in [0.717, 1.165) is 27.4 Å². The molecule has 2 aromatic rings. The normalized spacial score (nSPS) is 12.4. The minimum atomic E-state index is 0.176. The van der Waals surface area contributed by atoms with Gasteiger partial charge in [-0.2, -0.15) is 0 Å². The minimum Gasteiger partial charge on any atom is -0.309 e. The summed E-state index contributed by atoms with van der Waals surface area (Å²) in [6, 6.07) is 14.1. The Kier molecular flexibility index (Phi) is 6.90. The van der Waals surface area contributed by atoms with Crippen LogP contribution in [-0.4, -0.2) is 12.3 Å². The van der Waals surface area contributed by atoms with Gasteiger partial charge in [0.1, 0.15) is 0 Å². The lowest BCUT2D eigenvalue weighted by atomic mass is 10.1. The molecule has 21 heavy (non-hydrogen) atoms. The van der Waals surface area contributed by atoms with Gasteiger partial charge in [-0.05, 0) is 54.6 Å². The van der Waals surface area contributed by atoms with Crippen molar-refractivity contribution in [3.63, 3.8) is 0 Å². The molecule has 0 fully saturated rings. The molecule has 0 bridgehead atoms. The van der Waals surface area contributed by atoms with Crippen LogP contribution in [0.25, 0.3) is 0 Å². The van der Waals surface area contributed by atoms with Crippen LogP contribution in [0.1, 0.15) is 18.5 Å². The lowest BCUT2D eigenvalue weighted by Gasteiger charge is -2.19. The molecule has 0 aromatic heterocycles. The topological polar surface area (TPSA) is 12.0 Å². The van der Waals surface area contributed by atoms with E-state index in [9.17, 15) is 0 Å². The monoisotopic (exact) mass is 403 g/mol. The standard InChI is InChI=1S/C16H16BrCl2NS/c1-2-20-16(14-9-12(18)5-8-15(14)19)10-21-13-6-3-11(17)4-7-13/h3-9,16,20H,2,10H2,1H3. The molecule has 5 heteroatoms. The Bertz CT molecular complexity index is 589. The van der Waals surface area contributed by atoms with Crippen LogP contribution >= 0.6 is 50.9 Å². The van der Waals surface area contributed by atoms with Gasteiger partial charge in [-0.1, -0.05) is 46.1 Å². The molecule has 2 rings (SSSR count). The molecule has 1 unspecified atom stereocenters. The molecule has 1 nitrogen and oxygen atoms in total. The van der Waals surface area contributed by atoms with Crippen LogP contribution in [0.2, 0.25) is 10.0 Å². The second kappa shape index (κ2) is 8.44. The van der Waals surface area contributed by atoms with Crippen LogP contribution in [0.5, 0.6) is 0 Å². The van der Waals surface area contributed by atoms with Crippen LogP contribution in [0.4, 0.5) is 0 Å². The Morgan fingerprint density at radius 1 is 1.14 bits per heavy atom. The predicted octanol–water partition coefficient (Wildman–Crippen LogP) is 6.20. The molecule has 0 aliphatic rings. The zero-order chi connectivity index (χ0) is 15.2. The summed E-state index contributed by atoms with van der Waals surface area (Å²) in [5.41, 5.74) is 1.05. The van der Waals surface area contributed by atoms with Crippen LogP contribution in [-0.2, 0) is 0 Å². The van der Waals surface area contributed by atoms with Crippen molar-refractivity contribution in [2.75, 3.05) is 12.3 Å². The van der Waals surface area contributed by atoms with Crippen molar-refractivity contribution in [2.45, 2.75) is 17.9 Å². The Balaban J connectivity index is 2.11. The first-order valence-corrected chi connectivity index (χ1v) is 9.20. The maximum Gasteiger partial charge on any atom is 0.0455 e. The highest BCUT2D eigenvalue weighted by atomic mass is 79.9. The summed E-state index contributed by atoms with van der Waals surface area (Å²) in [6.45, 7) is 2.98. The molecule has 0 amide bonds. The fourth-order valence-electron chi connectivity index (χ4n) is 2.00. The second-order valence-electron chi connectivity index (χ2n) is 4.54. The van der Waals surface area contributed by atoms with E-state index in [0.29, 0.717) is 5.02 Å². The first-order valence-electron chi connectivity index (χ1n) is 6.67. The number of benzene rings is 2. The highest BCUT2D eigenvalue weighted by molar-refractivity contribution is 9.10. The summed E-state index contributed by atoms with van der Waals surface area (Å²) in [5, 5.41) is 4.94. The number of halogens is 3. The smallest absolute Gasteiger partial charge is 0.0455 e. The van der Waals surface area contributed by atoms with E-state index in [1.165, 1.54) is 4.90 Å². The molecule has 1 atom stereocenters. The van der Waals surface area contributed by atoms with E-state index >= 15 is 0 Å². The Hall–Kier alpha value is -0.190. The van der Waals surface area contributed by atoms with Gasteiger partial charge >= 0.3 is 0 Å². The average Bonchev–Trinajstić information content (AvgIpc) is 2.48. The Morgan fingerprint density at radius 2 is 1.86 bits per heavy atom. The molecule has 0 radical (unpaired) electrons. The van der Waals surface area contributed by atoms with Crippen LogP contribution in [0, 0.1) is 0 Å². The van der Waals surface area contributed by atoms with Gasteiger partial charge in [-0.15, -0.1) is 11.8 Å². The number of hydrogen-bond acceptors (Lipinski definition) is 2. The SMILES string of the molecule is CCNC(CSc1ccc(Br)cc1)c1cc(Cl)ccc1Cl. The van der Waals surface area contributed by atoms with Crippen molar-refractivity contribution in [1.82, 2.24) is 5.32 Å². The minimum absolute atomic E-state index is 0.176. The van der Waals surface area contributed by atoms with Crippen LogP contribution < -0.4 is 5.32 Å². The van der Waals surface area contributed by atoms with Crippen molar-refractivity contribution < 1.29 is 0 Å². The fraction of sp³-hybridized carbons (Fsp3) is 0.250. The zero-order valence-electron chi connectivity index (χ0n) is 11.6. The van der Waals surface area contributed by atoms with Gasteiger partial charge in [0.2, 0.25) is 0 Å². The summed E-state index contributed by atoms with van der Waals surface area (Å²) in [4.78, 5) is 1.24. The van der Waals surface area contributed by atoms with E-state index in [-0.39, 0.29) is 6.04 Å².